The molecule has 0 spiro atoms. The third-order valence-electron chi connectivity index (χ3n) is 2.62. The van der Waals surface area contributed by atoms with Crippen molar-refractivity contribution in [1.82, 2.24) is 4.98 Å². The average Bonchev–Trinajstić information content (AvgIpc) is 2.87. The predicted octanol–water partition coefficient (Wildman–Crippen LogP) is 3.14. The molecule has 0 bridgehead atoms. The Bertz CT molecular complexity index is 522. The number of benzene rings is 1. The van der Waals surface area contributed by atoms with Gasteiger partial charge in [0.1, 0.15) is 11.4 Å². The Morgan fingerprint density at radius 3 is 2.94 bits per heavy atom. The van der Waals surface area contributed by atoms with E-state index in [1.807, 2.05) is 18.2 Å². The quantitative estimate of drug-likeness (QED) is 0.750. The van der Waals surface area contributed by atoms with Crippen molar-refractivity contribution >= 4 is 17.6 Å². The Balaban J connectivity index is 1.90. The Morgan fingerprint density at radius 2 is 2.22 bits per heavy atom. The normalized spacial score (nSPS) is 10.3. The van der Waals surface area contributed by atoms with E-state index in [-0.39, 0.29) is 0 Å². The molecule has 0 saturated heterocycles. The zero-order valence-electron chi connectivity index (χ0n) is 10.3. The topological polar surface area (TPSA) is 39.2 Å². The van der Waals surface area contributed by atoms with Crippen molar-refractivity contribution in [3.63, 3.8) is 0 Å². The summed E-state index contributed by atoms with van der Waals surface area (Å²) in [6.45, 7) is 2.70. The van der Waals surface area contributed by atoms with E-state index >= 15 is 0 Å². The Kier molecular flexibility index (Phi) is 4.47. The molecule has 1 aromatic heterocycles. The molecule has 2 rings (SSSR count). The van der Waals surface area contributed by atoms with Gasteiger partial charge < -0.3 is 4.74 Å². The Labute approximate surface area is 110 Å². The van der Waals surface area contributed by atoms with Crippen LogP contribution in [0.1, 0.15) is 28.0 Å². The molecule has 0 atom stereocenters. The van der Waals surface area contributed by atoms with Gasteiger partial charge in [-0.25, -0.2) is 4.98 Å². The molecule has 0 radical (unpaired) electrons. The first-order valence-electron chi connectivity index (χ1n) is 5.93. The standard InChI is InChI=1S/C14H15NO2S/c1-2-11-5-3-4-6-13(11)17-8-7-14-15-12(9-16)10-18-14/h3-6,9-10H,2,7-8H2,1H3. The van der Waals surface area contributed by atoms with Crippen LogP contribution in [0.3, 0.4) is 0 Å². The fourth-order valence-corrected chi connectivity index (χ4v) is 2.40. The van der Waals surface area contributed by atoms with Crippen LogP contribution in [-0.4, -0.2) is 17.9 Å². The number of carbonyl (C=O) groups excluding carboxylic acids is 1. The van der Waals surface area contributed by atoms with Crippen molar-refractivity contribution in [2.45, 2.75) is 19.8 Å². The molecule has 0 saturated carbocycles. The van der Waals surface area contributed by atoms with E-state index in [0.717, 1.165) is 29.9 Å². The maximum Gasteiger partial charge on any atom is 0.169 e. The number of hydrogen-bond donors (Lipinski definition) is 0. The van der Waals surface area contributed by atoms with E-state index in [4.69, 9.17) is 4.74 Å². The number of rotatable bonds is 6. The van der Waals surface area contributed by atoms with Crippen LogP contribution in [0.5, 0.6) is 5.75 Å². The highest BCUT2D eigenvalue weighted by Gasteiger charge is 2.03. The lowest BCUT2D eigenvalue weighted by atomic mass is 10.1. The molecule has 0 aliphatic heterocycles. The van der Waals surface area contributed by atoms with Crippen molar-refractivity contribution in [1.29, 1.82) is 0 Å². The van der Waals surface area contributed by atoms with Gasteiger partial charge in [0.15, 0.2) is 6.29 Å². The third kappa shape index (κ3) is 3.17. The van der Waals surface area contributed by atoms with Gasteiger partial charge in [-0.1, -0.05) is 25.1 Å². The molecule has 0 N–H and O–H groups in total. The number of carbonyl (C=O) groups is 1. The second-order valence-electron chi connectivity index (χ2n) is 3.84. The van der Waals surface area contributed by atoms with E-state index in [2.05, 4.69) is 18.0 Å². The highest BCUT2D eigenvalue weighted by Crippen LogP contribution is 2.18. The lowest BCUT2D eigenvalue weighted by Crippen LogP contribution is -2.03. The SMILES string of the molecule is CCc1ccccc1OCCc1nc(C=O)cs1. The van der Waals surface area contributed by atoms with Crippen molar-refractivity contribution in [2.24, 2.45) is 0 Å². The van der Waals surface area contributed by atoms with Crippen LogP contribution >= 0.6 is 11.3 Å². The predicted molar refractivity (Wildman–Crippen MR) is 72.5 cm³/mol. The average molecular weight is 261 g/mol. The summed E-state index contributed by atoms with van der Waals surface area (Å²) in [5, 5.41) is 2.70. The molecular formula is C14H15NO2S. The number of ether oxygens (including phenoxy) is 1. The summed E-state index contributed by atoms with van der Waals surface area (Å²) in [5.74, 6) is 0.937. The largest absolute Gasteiger partial charge is 0.493 e. The van der Waals surface area contributed by atoms with E-state index < -0.39 is 0 Å². The fraction of sp³-hybridized carbons (Fsp3) is 0.286. The number of aryl methyl sites for hydroxylation is 1. The van der Waals surface area contributed by atoms with E-state index in [1.165, 1.54) is 16.9 Å². The molecule has 1 aromatic carbocycles. The zero-order chi connectivity index (χ0) is 12.8. The molecular weight excluding hydrogens is 246 g/mol. The van der Waals surface area contributed by atoms with E-state index in [9.17, 15) is 4.79 Å². The first-order valence-corrected chi connectivity index (χ1v) is 6.81. The van der Waals surface area contributed by atoms with Crippen LogP contribution in [0, 0.1) is 0 Å². The van der Waals surface area contributed by atoms with Crippen molar-refractivity contribution in [2.75, 3.05) is 6.61 Å². The minimum atomic E-state index is 0.504. The molecule has 18 heavy (non-hydrogen) atoms. The number of nitrogens with zero attached hydrogens (tertiary/aromatic N) is 1. The van der Waals surface area contributed by atoms with Crippen LogP contribution in [0.25, 0.3) is 0 Å². The Morgan fingerprint density at radius 1 is 1.39 bits per heavy atom. The number of hydrogen-bond acceptors (Lipinski definition) is 4. The molecule has 1 heterocycles. The maximum absolute atomic E-state index is 10.5. The second kappa shape index (κ2) is 6.31. The number of para-hydroxylation sites is 1. The molecule has 0 unspecified atom stereocenters. The minimum Gasteiger partial charge on any atom is -0.493 e. The molecule has 0 amide bonds. The van der Waals surface area contributed by atoms with Crippen LogP contribution in [-0.2, 0) is 12.8 Å². The van der Waals surface area contributed by atoms with Gasteiger partial charge in [0.25, 0.3) is 0 Å². The van der Waals surface area contributed by atoms with Gasteiger partial charge >= 0.3 is 0 Å². The van der Waals surface area contributed by atoms with Crippen LogP contribution in [0.4, 0.5) is 0 Å². The summed E-state index contributed by atoms with van der Waals surface area (Å²) in [5.41, 5.74) is 1.72. The zero-order valence-corrected chi connectivity index (χ0v) is 11.1. The van der Waals surface area contributed by atoms with Crippen molar-refractivity contribution in [3.05, 3.63) is 45.9 Å². The molecule has 2 aromatic rings. The molecule has 3 nitrogen and oxygen atoms in total. The first-order chi connectivity index (χ1) is 8.83. The molecule has 0 aliphatic rings. The lowest BCUT2D eigenvalue weighted by Gasteiger charge is -2.09. The summed E-state index contributed by atoms with van der Waals surface area (Å²) < 4.78 is 5.75. The summed E-state index contributed by atoms with van der Waals surface area (Å²) in [4.78, 5) is 14.7. The van der Waals surface area contributed by atoms with Crippen LogP contribution in [0.15, 0.2) is 29.6 Å². The van der Waals surface area contributed by atoms with Crippen molar-refractivity contribution in [3.8, 4) is 5.75 Å². The minimum absolute atomic E-state index is 0.504. The van der Waals surface area contributed by atoms with Gasteiger partial charge in [-0.3, -0.25) is 4.79 Å². The van der Waals surface area contributed by atoms with Crippen LogP contribution in [0.2, 0.25) is 0 Å². The highest BCUT2D eigenvalue weighted by molar-refractivity contribution is 7.09. The van der Waals surface area contributed by atoms with E-state index in [1.54, 1.807) is 5.38 Å². The molecule has 0 fully saturated rings. The highest BCUT2D eigenvalue weighted by atomic mass is 32.1. The summed E-state index contributed by atoms with van der Waals surface area (Å²) in [6.07, 6.45) is 2.46. The summed E-state index contributed by atoms with van der Waals surface area (Å²) in [7, 11) is 0. The molecule has 0 aliphatic carbocycles. The summed E-state index contributed by atoms with van der Waals surface area (Å²) in [6, 6.07) is 8.05. The van der Waals surface area contributed by atoms with Gasteiger partial charge in [0.05, 0.1) is 11.6 Å². The Hall–Kier alpha value is -1.68. The van der Waals surface area contributed by atoms with Gasteiger partial charge in [0.2, 0.25) is 0 Å². The van der Waals surface area contributed by atoms with Gasteiger partial charge in [-0.15, -0.1) is 11.3 Å². The maximum atomic E-state index is 10.5. The first kappa shape index (κ1) is 12.8. The van der Waals surface area contributed by atoms with E-state index in [0.29, 0.717) is 12.3 Å². The fourth-order valence-electron chi connectivity index (χ4n) is 1.68. The molecule has 4 heteroatoms. The number of thiazole rings is 1. The third-order valence-corrected chi connectivity index (χ3v) is 3.54. The van der Waals surface area contributed by atoms with Gasteiger partial charge in [-0.05, 0) is 18.1 Å². The monoisotopic (exact) mass is 261 g/mol. The summed E-state index contributed by atoms with van der Waals surface area (Å²) >= 11 is 1.50. The number of aldehydes is 1. The second-order valence-corrected chi connectivity index (χ2v) is 4.79. The smallest absolute Gasteiger partial charge is 0.169 e. The van der Waals surface area contributed by atoms with Gasteiger partial charge in [-0.2, -0.15) is 0 Å². The lowest BCUT2D eigenvalue weighted by molar-refractivity contribution is 0.111. The van der Waals surface area contributed by atoms with Gasteiger partial charge in [0, 0.05) is 11.8 Å². The van der Waals surface area contributed by atoms with Crippen LogP contribution < -0.4 is 4.74 Å². The number of aromatic nitrogens is 1. The van der Waals surface area contributed by atoms with Crippen molar-refractivity contribution < 1.29 is 9.53 Å². The molecule has 94 valence electrons.